The van der Waals surface area contributed by atoms with Crippen LogP contribution < -0.4 is 5.32 Å². The van der Waals surface area contributed by atoms with Gasteiger partial charge in [0.1, 0.15) is 5.69 Å². The number of carbonyl (C=O) groups is 2. The van der Waals surface area contributed by atoms with Gasteiger partial charge in [0.25, 0.3) is 0 Å². The van der Waals surface area contributed by atoms with Gasteiger partial charge in [-0.05, 0) is 48.7 Å². The Morgan fingerprint density at radius 2 is 1.82 bits per heavy atom. The van der Waals surface area contributed by atoms with Gasteiger partial charge in [-0.25, -0.2) is 0 Å². The molecule has 5 heterocycles. The summed E-state index contributed by atoms with van der Waals surface area (Å²) in [4.78, 5) is 38.6. The number of thiophene rings is 1. The highest BCUT2D eigenvalue weighted by Gasteiger charge is 2.18. The lowest BCUT2D eigenvalue weighted by Gasteiger charge is -2.17. The summed E-state index contributed by atoms with van der Waals surface area (Å²) in [5.41, 5.74) is 6.55. The zero-order valence-corrected chi connectivity index (χ0v) is 23.4. The molecule has 3 N–H and O–H groups in total. The number of aromatic nitrogens is 5. The number of anilines is 1. The monoisotopic (exact) mass is 548 g/mol. The second kappa shape index (κ2) is 9.84. The van der Waals surface area contributed by atoms with Gasteiger partial charge in [0.15, 0.2) is 5.78 Å². The molecule has 8 nitrogen and oxygen atoms in total. The fourth-order valence-corrected chi connectivity index (χ4v) is 5.73. The Labute approximate surface area is 234 Å². The van der Waals surface area contributed by atoms with Crippen molar-refractivity contribution in [1.29, 1.82) is 0 Å². The number of Topliss-reactive ketones (excluding diaryl/α,β-unsaturated/α-hetero) is 1. The number of H-pyrrole nitrogens is 2. The van der Waals surface area contributed by atoms with Crippen molar-refractivity contribution in [3.8, 4) is 33.1 Å². The van der Waals surface area contributed by atoms with Crippen LogP contribution in [0.25, 0.3) is 54.9 Å². The Kier molecular flexibility index (Phi) is 6.31. The number of fused-ring (bicyclic) bond motifs is 2. The summed E-state index contributed by atoms with van der Waals surface area (Å²) in [5.74, 6) is 0.0174. The van der Waals surface area contributed by atoms with E-state index in [2.05, 4.69) is 42.6 Å². The molecular weight excluding hydrogens is 520 g/mol. The van der Waals surface area contributed by atoms with Crippen LogP contribution >= 0.6 is 11.3 Å². The first-order valence-electron chi connectivity index (χ1n) is 13.0. The van der Waals surface area contributed by atoms with Crippen molar-refractivity contribution in [2.45, 2.75) is 34.1 Å². The van der Waals surface area contributed by atoms with Gasteiger partial charge in [-0.3, -0.25) is 24.7 Å². The zero-order chi connectivity index (χ0) is 28.0. The zero-order valence-electron chi connectivity index (χ0n) is 22.6. The normalized spacial score (nSPS) is 11.8. The maximum atomic E-state index is 12.5. The molecule has 0 saturated heterocycles. The van der Waals surface area contributed by atoms with Crippen LogP contribution in [0.4, 0.5) is 5.69 Å². The van der Waals surface area contributed by atoms with Crippen molar-refractivity contribution < 1.29 is 9.59 Å². The molecule has 40 heavy (non-hydrogen) atoms. The molecule has 0 fully saturated rings. The molecular formula is C31H28N6O2S. The van der Waals surface area contributed by atoms with Gasteiger partial charge in [-0.1, -0.05) is 32.9 Å². The standard InChI is InChI=1S/C31H28N6O2S/c1-17(38)27-8-9-28(40-27)20-6-5-7-23-21(20)11-25(35-23)30-22-12-24(33-16-26(22)36-37-30)18-10-19(15-32-14-18)34-29(39)13-31(2,3)4/h5-12,14-16,35H,13H2,1-4H3,(H,34,39)(H,36,37). The molecule has 0 bridgehead atoms. The van der Waals surface area contributed by atoms with E-state index in [4.69, 9.17) is 0 Å². The molecule has 0 atom stereocenters. The number of ketones is 1. The third kappa shape index (κ3) is 5.03. The van der Waals surface area contributed by atoms with Gasteiger partial charge in [0.2, 0.25) is 5.91 Å². The minimum Gasteiger partial charge on any atom is -0.353 e. The Hall–Kier alpha value is -4.63. The van der Waals surface area contributed by atoms with E-state index in [1.807, 2.05) is 57.2 Å². The van der Waals surface area contributed by atoms with Crippen LogP contribution in [0, 0.1) is 5.41 Å². The van der Waals surface area contributed by atoms with Crippen molar-refractivity contribution in [1.82, 2.24) is 25.1 Å². The molecule has 0 aliphatic carbocycles. The number of benzene rings is 1. The van der Waals surface area contributed by atoms with E-state index in [0.29, 0.717) is 12.1 Å². The second-order valence-corrected chi connectivity index (χ2v) is 12.2. The fourth-order valence-electron chi connectivity index (χ4n) is 4.78. The molecule has 5 aromatic heterocycles. The van der Waals surface area contributed by atoms with E-state index < -0.39 is 0 Å². The van der Waals surface area contributed by atoms with Gasteiger partial charge in [-0.15, -0.1) is 11.3 Å². The third-order valence-electron chi connectivity index (χ3n) is 6.59. The van der Waals surface area contributed by atoms with Crippen LogP contribution in [0.5, 0.6) is 0 Å². The maximum absolute atomic E-state index is 12.5. The molecule has 1 aromatic carbocycles. The van der Waals surface area contributed by atoms with Crippen LogP contribution in [0.1, 0.15) is 43.8 Å². The SMILES string of the molecule is CC(=O)c1ccc(-c2cccc3[nH]c(-c4n[nH]c5cnc(-c6cncc(NC(=O)CC(C)(C)C)c6)cc45)cc23)s1. The topological polar surface area (TPSA) is 116 Å². The highest BCUT2D eigenvalue weighted by Crippen LogP contribution is 2.37. The van der Waals surface area contributed by atoms with E-state index >= 15 is 0 Å². The van der Waals surface area contributed by atoms with E-state index in [1.165, 1.54) is 11.3 Å². The number of hydrogen-bond donors (Lipinski definition) is 3. The summed E-state index contributed by atoms with van der Waals surface area (Å²) in [5, 5.41) is 12.6. The lowest BCUT2D eigenvalue weighted by atomic mass is 9.92. The molecule has 200 valence electrons. The number of carbonyl (C=O) groups excluding carboxylic acids is 2. The summed E-state index contributed by atoms with van der Waals surface area (Å²) >= 11 is 1.50. The lowest BCUT2D eigenvalue weighted by Crippen LogP contribution is -2.19. The fraction of sp³-hybridized carbons (Fsp3) is 0.194. The Morgan fingerprint density at radius 1 is 0.975 bits per heavy atom. The van der Waals surface area contributed by atoms with E-state index in [0.717, 1.165) is 59.8 Å². The van der Waals surface area contributed by atoms with Crippen molar-refractivity contribution in [2.75, 3.05) is 5.32 Å². The van der Waals surface area contributed by atoms with Crippen LogP contribution in [0.15, 0.2) is 67.1 Å². The minimum atomic E-state index is -0.107. The van der Waals surface area contributed by atoms with E-state index in [-0.39, 0.29) is 17.1 Å². The Balaban J connectivity index is 1.36. The Bertz CT molecular complexity index is 1910. The minimum absolute atomic E-state index is 0.0507. The number of pyridine rings is 2. The highest BCUT2D eigenvalue weighted by molar-refractivity contribution is 7.17. The van der Waals surface area contributed by atoms with E-state index in [1.54, 1.807) is 25.5 Å². The molecule has 0 spiro atoms. The van der Waals surface area contributed by atoms with Gasteiger partial charge >= 0.3 is 0 Å². The molecule has 9 heteroatoms. The molecule has 0 radical (unpaired) electrons. The summed E-state index contributed by atoms with van der Waals surface area (Å²) in [7, 11) is 0. The molecule has 1 amide bonds. The smallest absolute Gasteiger partial charge is 0.224 e. The van der Waals surface area contributed by atoms with Crippen molar-refractivity contribution >= 4 is 50.5 Å². The number of aromatic amines is 2. The van der Waals surface area contributed by atoms with Crippen LogP contribution in [-0.2, 0) is 4.79 Å². The Morgan fingerprint density at radius 3 is 2.60 bits per heavy atom. The summed E-state index contributed by atoms with van der Waals surface area (Å²) in [6, 6.07) is 16.0. The van der Waals surface area contributed by atoms with Crippen molar-refractivity contribution in [3.05, 3.63) is 72.0 Å². The second-order valence-electron chi connectivity index (χ2n) is 11.1. The predicted molar refractivity (Wildman–Crippen MR) is 160 cm³/mol. The maximum Gasteiger partial charge on any atom is 0.224 e. The summed E-state index contributed by atoms with van der Waals surface area (Å²) in [6.07, 6.45) is 5.55. The van der Waals surface area contributed by atoms with Crippen molar-refractivity contribution in [3.63, 3.8) is 0 Å². The average Bonchev–Trinajstić information content (AvgIpc) is 3.65. The summed E-state index contributed by atoms with van der Waals surface area (Å²) < 4.78 is 0. The molecule has 6 aromatic rings. The first-order valence-corrected chi connectivity index (χ1v) is 13.8. The number of rotatable bonds is 6. The van der Waals surface area contributed by atoms with Crippen molar-refractivity contribution in [2.24, 2.45) is 5.41 Å². The summed E-state index contributed by atoms with van der Waals surface area (Å²) in [6.45, 7) is 7.68. The van der Waals surface area contributed by atoms with Gasteiger partial charge in [0.05, 0.1) is 39.9 Å². The van der Waals surface area contributed by atoms with Crippen LogP contribution in [0.3, 0.4) is 0 Å². The van der Waals surface area contributed by atoms with Gasteiger partial charge < -0.3 is 10.3 Å². The molecule has 0 saturated carbocycles. The number of nitrogens with zero attached hydrogens (tertiary/aromatic N) is 3. The molecule has 0 aliphatic rings. The molecule has 6 rings (SSSR count). The predicted octanol–water partition coefficient (Wildman–Crippen LogP) is 7.47. The van der Waals surface area contributed by atoms with Crippen LogP contribution in [0.2, 0.25) is 0 Å². The number of amides is 1. The molecule has 0 aliphatic heterocycles. The van der Waals surface area contributed by atoms with Gasteiger partial charge in [-0.2, -0.15) is 5.10 Å². The highest BCUT2D eigenvalue weighted by atomic mass is 32.1. The quantitative estimate of drug-likeness (QED) is 0.187. The first-order chi connectivity index (χ1) is 19.1. The van der Waals surface area contributed by atoms with Crippen LogP contribution in [-0.4, -0.2) is 36.8 Å². The number of hydrogen-bond acceptors (Lipinski definition) is 6. The first kappa shape index (κ1) is 25.6. The largest absolute Gasteiger partial charge is 0.353 e. The third-order valence-corrected chi connectivity index (χ3v) is 7.81. The lowest BCUT2D eigenvalue weighted by molar-refractivity contribution is -0.117. The number of nitrogens with one attached hydrogen (secondary N) is 3. The average molecular weight is 549 g/mol. The molecule has 0 unspecified atom stereocenters. The van der Waals surface area contributed by atoms with Gasteiger partial charge in [0, 0.05) is 44.9 Å². The van der Waals surface area contributed by atoms with E-state index in [9.17, 15) is 9.59 Å².